The van der Waals surface area contributed by atoms with E-state index >= 15 is 0 Å². The number of nitro groups is 1. The summed E-state index contributed by atoms with van der Waals surface area (Å²) in [7, 11) is 1.59. The minimum Gasteiger partial charge on any atom is -0.379 e. The van der Waals surface area contributed by atoms with Gasteiger partial charge in [-0.2, -0.15) is 0 Å². The maximum absolute atomic E-state index is 12.3. The number of hydrogen-bond donors (Lipinski definition) is 3. The summed E-state index contributed by atoms with van der Waals surface area (Å²) in [5.74, 6) is 4.77. The summed E-state index contributed by atoms with van der Waals surface area (Å²) < 4.78 is 5.30. The number of ether oxygens (including phenoxy) is 1. The van der Waals surface area contributed by atoms with Crippen LogP contribution in [0.3, 0.4) is 0 Å². The van der Waals surface area contributed by atoms with Crippen molar-refractivity contribution in [1.29, 1.82) is 0 Å². The van der Waals surface area contributed by atoms with Gasteiger partial charge in [-0.3, -0.25) is 20.8 Å². The molecule has 2 unspecified atom stereocenters. The minimum atomic E-state index is -0.618. The lowest BCUT2D eigenvalue weighted by Crippen LogP contribution is -2.41. The number of carbonyl (C=O) groups is 1. The van der Waals surface area contributed by atoms with Gasteiger partial charge < -0.3 is 15.5 Å². The summed E-state index contributed by atoms with van der Waals surface area (Å²) in [5, 5.41) is 14.0. The standard InChI is InChI=1S/C13H18N4O4/c1-21-11-7-3-5-9(11)15-13(18)8-4-2-6-10(16-14)12(8)17(19)20/h2,4,6,9,11,16H,3,5,7,14H2,1H3,(H,15,18). The average molecular weight is 294 g/mol. The molecule has 114 valence electrons. The molecule has 1 aromatic carbocycles. The first kappa shape index (κ1) is 15.2. The lowest BCUT2D eigenvalue weighted by Gasteiger charge is -2.19. The second kappa shape index (κ2) is 6.51. The van der Waals surface area contributed by atoms with E-state index in [1.165, 1.54) is 12.1 Å². The molecule has 0 radical (unpaired) electrons. The van der Waals surface area contributed by atoms with E-state index in [4.69, 9.17) is 10.6 Å². The van der Waals surface area contributed by atoms with Crippen LogP contribution in [-0.2, 0) is 4.74 Å². The molecule has 21 heavy (non-hydrogen) atoms. The minimum absolute atomic E-state index is 0.0165. The molecule has 1 amide bonds. The normalized spacial score (nSPS) is 21.0. The van der Waals surface area contributed by atoms with Crippen LogP contribution >= 0.6 is 0 Å². The van der Waals surface area contributed by atoms with Gasteiger partial charge in [0.1, 0.15) is 11.3 Å². The van der Waals surface area contributed by atoms with Crippen LogP contribution in [0.4, 0.5) is 11.4 Å². The van der Waals surface area contributed by atoms with Gasteiger partial charge in [-0.15, -0.1) is 0 Å². The van der Waals surface area contributed by atoms with Crippen molar-refractivity contribution in [3.8, 4) is 0 Å². The number of carbonyl (C=O) groups excluding carboxylic acids is 1. The number of nitrogens with zero attached hydrogens (tertiary/aromatic N) is 1. The number of methoxy groups -OCH3 is 1. The molecule has 0 aliphatic heterocycles. The molecule has 1 aliphatic rings. The van der Waals surface area contributed by atoms with Crippen LogP contribution in [0.2, 0.25) is 0 Å². The van der Waals surface area contributed by atoms with Gasteiger partial charge in [-0.1, -0.05) is 6.07 Å². The Morgan fingerprint density at radius 2 is 2.24 bits per heavy atom. The molecule has 2 atom stereocenters. The van der Waals surface area contributed by atoms with Gasteiger partial charge in [-0.05, 0) is 31.4 Å². The molecule has 8 nitrogen and oxygen atoms in total. The second-order valence-electron chi connectivity index (χ2n) is 4.89. The fourth-order valence-corrected chi connectivity index (χ4v) is 2.66. The molecule has 0 heterocycles. The van der Waals surface area contributed by atoms with Crippen molar-refractivity contribution in [2.45, 2.75) is 31.4 Å². The largest absolute Gasteiger partial charge is 0.379 e. The van der Waals surface area contributed by atoms with Crippen molar-refractivity contribution in [3.05, 3.63) is 33.9 Å². The van der Waals surface area contributed by atoms with Crippen molar-refractivity contribution in [1.82, 2.24) is 5.32 Å². The van der Waals surface area contributed by atoms with Crippen LogP contribution in [0.5, 0.6) is 0 Å². The summed E-state index contributed by atoms with van der Waals surface area (Å²) in [6, 6.07) is 4.27. The number of hydrogen-bond acceptors (Lipinski definition) is 6. The summed E-state index contributed by atoms with van der Waals surface area (Å²) in [4.78, 5) is 22.9. The zero-order valence-corrected chi connectivity index (χ0v) is 11.7. The number of nitrogen functional groups attached to an aromatic ring is 1. The Morgan fingerprint density at radius 1 is 1.48 bits per heavy atom. The van der Waals surface area contributed by atoms with Crippen molar-refractivity contribution in [2.24, 2.45) is 5.84 Å². The highest BCUT2D eigenvalue weighted by atomic mass is 16.6. The highest BCUT2D eigenvalue weighted by Crippen LogP contribution is 2.29. The second-order valence-corrected chi connectivity index (χ2v) is 4.89. The van der Waals surface area contributed by atoms with E-state index in [0.29, 0.717) is 0 Å². The van der Waals surface area contributed by atoms with Gasteiger partial charge in [0.15, 0.2) is 0 Å². The third-order valence-electron chi connectivity index (χ3n) is 3.69. The molecule has 0 aromatic heterocycles. The SMILES string of the molecule is COC1CCCC1NC(=O)c1cccc(NN)c1[N+](=O)[O-]. The number of benzene rings is 1. The first-order valence-corrected chi connectivity index (χ1v) is 6.66. The lowest BCUT2D eigenvalue weighted by atomic mass is 10.1. The van der Waals surface area contributed by atoms with Crippen molar-refractivity contribution >= 4 is 17.3 Å². The Balaban J connectivity index is 2.25. The predicted molar refractivity (Wildman–Crippen MR) is 76.8 cm³/mol. The number of anilines is 1. The summed E-state index contributed by atoms with van der Waals surface area (Å²) in [6.45, 7) is 0. The fourth-order valence-electron chi connectivity index (χ4n) is 2.66. The Morgan fingerprint density at radius 3 is 2.86 bits per heavy atom. The molecule has 0 saturated heterocycles. The molecule has 1 fully saturated rings. The van der Waals surface area contributed by atoms with Crippen LogP contribution in [-0.4, -0.2) is 30.1 Å². The van der Waals surface area contributed by atoms with Crippen molar-refractivity contribution < 1.29 is 14.5 Å². The van der Waals surface area contributed by atoms with Gasteiger partial charge in [-0.25, -0.2) is 0 Å². The van der Waals surface area contributed by atoms with Gasteiger partial charge in [0, 0.05) is 7.11 Å². The smallest absolute Gasteiger partial charge is 0.306 e. The van der Waals surface area contributed by atoms with Crippen molar-refractivity contribution in [3.63, 3.8) is 0 Å². The molecular weight excluding hydrogens is 276 g/mol. The molecule has 1 saturated carbocycles. The van der Waals surface area contributed by atoms with E-state index in [2.05, 4.69) is 10.7 Å². The van der Waals surface area contributed by atoms with E-state index in [1.807, 2.05) is 0 Å². The van der Waals surface area contributed by atoms with E-state index in [9.17, 15) is 14.9 Å². The van der Waals surface area contributed by atoms with Crippen LogP contribution in [0.25, 0.3) is 0 Å². The number of nitrogens with one attached hydrogen (secondary N) is 2. The van der Waals surface area contributed by atoms with Gasteiger partial charge >= 0.3 is 5.69 Å². The van der Waals surface area contributed by atoms with E-state index < -0.39 is 10.8 Å². The fraction of sp³-hybridized carbons (Fsp3) is 0.462. The molecule has 1 aliphatic carbocycles. The molecule has 4 N–H and O–H groups in total. The number of rotatable bonds is 5. The molecule has 0 bridgehead atoms. The monoisotopic (exact) mass is 294 g/mol. The van der Waals surface area contributed by atoms with Crippen molar-refractivity contribution in [2.75, 3.05) is 12.5 Å². The highest BCUT2D eigenvalue weighted by Gasteiger charge is 2.31. The van der Waals surface area contributed by atoms with Gasteiger partial charge in [0.05, 0.1) is 17.1 Å². The zero-order chi connectivity index (χ0) is 15.4. The Kier molecular flexibility index (Phi) is 4.71. The Bertz CT molecular complexity index is 549. The third kappa shape index (κ3) is 3.11. The zero-order valence-electron chi connectivity index (χ0n) is 11.7. The van der Waals surface area contributed by atoms with Crippen LogP contribution in [0.1, 0.15) is 29.6 Å². The van der Waals surface area contributed by atoms with E-state index in [-0.39, 0.29) is 29.1 Å². The maximum Gasteiger partial charge on any atom is 0.306 e. The summed E-state index contributed by atoms with van der Waals surface area (Å²) >= 11 is 0. The van der Waals surface area contributed by atoms with E-state index in [1.54, 1.807) is 13.2 Å². The quantitative estimate of drug-likeness (QED) is 0.426. The number of para-hydroxylation sites is 1. The summed E-state index contributed by atoms with van der Waals surface area (Å²) in [5.41, 5.74) is 1.99. The first-order chi connectivity index (χ1) is 10.1. The first-order valence-electron chi connectivity index (χ1n) is 6.66. The Hall–Kier alpha value is -2.19. The molecule has 2 rings (SSSR count). The van der Waals surface area contributed by atoms with Gasteiger partial charge in [0.2, 0.25) is 0 Å². The number of nitrogens with two attached hydrogens (primary N) is 1. The maximum atomic E-state index is 12.3. The number of hydrazine groups is 1. The molecule has 0 spiro atoms. The van der Waals surface area contributed by atoms with Crippen LogP contribution in [0.15, 0.2) is 18.2 Å². The highest BCUT2D eigenvalue weighted by molar-refractivity contribution is 6.00. The summed E-state index contributed by atoms with van der Waals surface area (Å²) in [6.07, 6.45) is 2.57. The van der Waals surface area contributed by atoms with Gasteiger partial charge in [0.25, 0.3) is 5.91 Å². The number of nitro benzene ring substituents is 1. The lowest BCUT2D eigenvalue weighted by molar-refractivity contribution is -0.384. The molecular formula is C13H18N4O4. The third-order valence-corrected chi connectivity index (χ3v) is 3.69. The molecule has 1 aromatic rings. The molecule has 8 heteroatoms. The van der Waals surface area contributed by atoms with Crippen LogP contribution < -0.4 is 16.6 Å². The Labute approximate surface area is 121 Å². The average Bonchev–Trinajstić information content (AvgIpc) is 2.93. The predicted octanol–water partition coefficient (Wildman–Crippen LogP) is 1.18. The number of amides is 1. The van der Waals surface area contributed by atoms with Crippen LogP contribution in [0, 0.1) is 10.1 Å². The topological polar surface area (TPSA) is 120 Å². The van der Waals surface area contributed by atoms with E-state index in [0.717, 1.165) is 19.3 Å².